The molecule has 0 aromatic rings. The molecule has 1 saturated carbocycles. The molecule has 0 radical (unpaired) electrons. The van der Waals surface area contributed by atoms with Gasteiger partial charge >= 0.3 is 0 Å². The van der Waals surface area contributed by atoms with E-state index >= 15 is 0 Å². The number of hydrogen-bond acceptors (Lipinski definition) is 2. The molecule has 2 fully saturated rings. The highest BCUT2D eigenvalue weighted by Crippen LogP contribution is 2.32. The van der Waals surface area contributed by atoms with E-state index in [1.54, 1.807) is 0 Å². The van der Waals surface area contributed by atoms with Crippen LogP contribution in [0.3, 0.4) is 0 Å². The molecule has 1 aliphatic heterocycles. The quantitative estimate of drug-likeness (QED) is 0.739. The largest absolute Gasteiger partial charge is 0.319 e. The van der Waals surface area contributed by atoms with E-state index < -0.39 is 0 Å². The Hall–Kier alpha value is -0.0800. The fourth-order valence-electron chi connectivity index (χ4n) is 3.29. The summed E-state index contributed by atoms with van der Waals surface area (Å²) in [7, 11) is 2.07. The average molecular weight is 196 g/mol. The topological polar surface area (TPSA) is 15.3 Å². The van der Waals surface area contributed by atoms with Gasteiger partial charge in [-0.25, -0.2) is 0 Å². The molecule has 1 heterocycles. The van der Waals surface area contributed by atoms with Gasteiger partial charge in [-0.3, -0.25) is 4.90 Å². The molecule has 3 atom stereocenters. The minimum atomic E-state index is 0.910. The Morgan fingerprint density at radius 3 is 2.79 bits per heavy atom. The fourth-order valence-corrected chi connectivity index (χ4v) is 3.29. The Morgan fingerprint density at radius 2 is 2.14 bits per heavy atom. The van der Waals surface area contributed by atoms with Crippen LogP contribution in [0.5, 0.6) is 0 Å². The first-order valence-electron chi connectivity index (χ1n) is 6.20. The summed E-state index contributed by atoms with van der Waals surface area (Å²) in [6, 6.07) is 0.914. The maximum Gasteiger partial charge on any atom is 0.0121 e. The molecule has 2 rings (SSSR count). The van der Waals surface area contributed by atoms with Crippen molar-refractivity contribution in [2.24, 2.45) is 11.8 Å². The van der Waals surface area contributed by atoms with E-state index in [0.717, 1.165) is 17.9 Å². The van der Waals surface area contributed by atoms with Crippen LogP contribution in [0.4, 0.5) is 0 Å². The lowest BCUT2D eigenvalue weighted by Crippen LogP contribution is -2.35. The van der Waals surface area contributed by atoms with Crippen LogP contribution in [0.1, 0.15) is 32.6 Å². The van der Waals surface area contributed by atoms with Crippen molar-refractivity contribution in [1.82, 2.24) is 10.2 Å². The van der Waals surface area contributed by atoms with Gasteiger partial charge in [0.05, 0.1) is 0 Å². The molecule has 1 saturated heterocycles. The van der Waals surface area contributed by atoms with Crippen molar-refractivity contribution < 1.29 is 0 Å². The summed E-state index contributed by atoms with van der Waals surface area (Å²) in [5.41, 5.74) is 0. The van der Waals surface area contributed by atoms with Crippen LogP contribution in [0.2, 0.25) is 0 Å². The highest BCUT2D eigenvalue weighted by atomic mass is 15.2. The highest BCUT2D eigenvalue weighted by molar-refractivity contribution is 4.88. The minimum Gasteiger partial charge on any atom is -0.319 e. The Bertz CT molecular complexity index is 181. The molecule has 0 aromatic heterocycles. The summed E-state index contributed by atoms with van der Waals surface area (Å²) in [4.78, 5) is 2.75. The number of hydrogen-bond donors (Lipinski definition) is 1. The van der Waals surface area contributed by atoms with Crippen molar-refractivity contribution in [3.8, 4) is 0 Å². The fraction of sp³-hybridized carbons (Fsp3) is 1.00. The Balaban J connectivity index is 1.82. The van der Waals surface area contributed by atoms with Crippen LogP contribution in [0.15, 0.2) is 0 Å². The number of rotatable bonds is 3. The molecule has 1 N–H and O–H groups in total. The van der Waals surface area contributed by atoms with Crippen LogP contribution >= 0.6 is 0 Å². The second kappa shape index (κ2) is 4.63. The van der Waals surface area contributed by atoms with Gasteiger partial charge in [-0.1, -0.05) is 13.3 Å². The van der Waals surface area contributed by atoms with Gasteiger partial charge in [0.25, 0.3) is 0 Å². The zero-order valence-electron chi connectivity index (χ0n) is 9.63. The average Bonchev–Trinajstić information content (AvgIpc) is 2.74. The predicted molar refractivity (Wildman–Crippen MR) is 60.4 cm³/mol. The van der Waals surface area contributed by atoms with Crippen LogP contribution in [-0.2, 0) is 0 Å². The smallest absolute Gasteiger partial charge is 0.0121 e. The minimum absolute atomic E-state index is 0.910. The lowest BCUT2D eigenvalue weighted by molar-refractivity contribution is 0.198. The number of nitrogens with zero attached hydrogens (tertiary/aromatic N) is 1. The molecule has 1 aliphatic carbocycles. The molecular weight excluding hydrogens is 172 g/mol. The summed E-state index contributed by atoms with van der Waals surface area (Å²) in [5.74, 6) is 1.86. The molecule has 2 heteroatoms. The number of nitrogens with one attached hydrogen (secondary N) is 1. The molecule has 2 aliphatic rings. The first-order valence-corrected chi connectivity index (χ1v) is 6.20. The standard InChI is InChI=1S/C12H24N2/c1-10-4-3-5-12(10)14-7-6-11(9-14)8-13-2/h10-13H,3-9H2,1-2H3. The van der Waals surface area contributed by atoms with E-state index in [4.69, 9.17) is 0 Å². The zero-order valence-corrected chi connectivity index (χ0v) is 9.63. The summed E-state index contributed by atoms with van der Waals surface area (Å²) in [6.45, 7) is 6.33. The Morgan fingerprint density at radius 1 is 1.29 bits per heavy atom. The molecule has 14 heavy (non-hydrogen) atoms. The van der Waals surface area contributed by atoms with Crippen molar-refractivity contribution in [3.05, 3.63) is 0 Å². The van der Waals surface area contributed by atoms with Crippen molar-refractivity contribution in [2.75, 3.05) is 26.7 Å². The van der Waals surface area contributed by atoms with Gasteiger partial charge in [0, 0.05) is 12.6 Å². The summed E-state index contributed by atoms with van der Waals surface area (Å²) < 4.78 is 0. The molecule has 2 nitrogen and oxygen atoms in total. The monoisotopic (exact) mass is 196 g/mol. The van der Waals surface area contributed by atoms with E-state index in [-0.39, 0.29) is 0 Å². The third-order valence-electron chi connectivity index (χ3n) is 4.10. The van der Waals surface area contributed by atoms with Crippen molar-refractivity contribution in [1.29, 1.82) is 0 Å². The SMILES string of the molecule is CNCC1CCN(C2CCCC2C)C1. The number of likely N-dealkylation sites (tertiary alicyclic amines) is 1. The van der Waals surface area contributed by atoms with Gasteiger partial charge < -0.3 is 5.32 Å². The molecule has 0 amide bonds. The van der Waals surface area contributed by atoms with Crippen molar-refractivity contribution in [3.63, 3.8) is 0 Å². The third kappa shape index (κ3) is 2.12. The second-order valence-corrected chi connectivity index (χ2v) is 5.18. The molecule has 0 spiro atoms. The lowest BCUT2D eigenvalue weighted by Gasteiger charge is -2.27. The van der Waals surface area contributed by atoms with E-state index in [9.17, 15) is 0 Å². The molecular formula is C12H24N2. The first kappa shape index (κ1) is 10.4. The lowest BCUT2D eigenvalue weighted by atomic mass is 10.1. The van der Waals surface area contributed by atoms with Crippen molar-refractivity contribution in [2.45, 2.75) is 38.6 Å². The van der Waals surface area contributed by atoms with E-state index in [0.29, 0.717) is 0 Å². The van der Waals surface area contributed by atoms with Gasteiger partial charge in [0.1, 0.15) is 0 Å². The van der Waals surface area contributed by atoms with Crippen LogP contribution in [0.25, 0.3) is 0 Å². The molecule has 0 aromatic carbocycles. The van der Waals surface area contributed by atoms with E-state index in [1.165, 1.54) is 45.3 Å². The normalized spacial score (nSPS) is 39.4. The Labute approximate surface area is 88.1 Å². The van der Waals surface area contributed by atoms with Gasteiger partial charge in [0.15, 0.2) is 0 Å². The van der Waals surface area contributed by atoms with Gasteiger partial charge in [-0.2, -0.15) is 0 Å². The van der Waals surface area contributed by atoms with E-state index in [1.807, 2.05) is 0 Å². The predicted octanol–water partition coefficient (Wildman–Crippen LogP) is 1.72. The first-order chi connectivity index (χ1) is 6.81. The third-order valence-corrected chi connectivity index (χ3v) is 4.10. The highest BCUT2D eigenvalue weighted by Gasteiger charge is 2.33. The maximum atomic E-state index is 3.31. The zero-order chi connectivity index (χ0) is 9.97. The summed E-state index contributed by atoms with van der Waals surface area (Å²) in [5, 5.41) is 3.31. The Kier molecular flexibility index (Phi) is 3.45. The van der Waals surface area contributed by atoms with Crippen molar-refractivity contribution >= 4 is 0 Å². The molecule has 0 bridgehead atoms. The van der Waals surface area contributed by atoms with Crippen LogP contribution in [-0.4, -0.2) is 37.6 Å². The maximum absolute atomic E-state index is 3.31. The van der Waals surface area contributed by atoms with Gasteiger partial charge in [-0.15, -0.1) is 0 Å². The second-order valence-electron chi connectivity index (χ2n) is 5.18. The van der Waals surface area contributed by atoms with Crippen LogP contribution < -0.4 is 5.32 Å². The van der Waals surface area contributed by atoms with Gasteiger partial charge in [-0.05, 0) is 51.2 Å². The molecule has 82 valence electrons. The van der Waals surface area contributed by atoms with Gasteiger partial charge in [0.2, 0.25) is 0 Å². The van der Waals surface area contributed by atoms with E-state index in [2.05, 4.69) is 24.2 Å². The van der Waals surface area contributed by atoms with Crippen LogP contribution in [0, 0.1) is 11.8 Å². The summed E-state index contributed by atoms with van der Waals surface area (Å²) >= 11 is 0. The summed E-state index contributed by atoms with van der Waals surface area (Å²) in [6.07, 6.45) is 5.77. The molecule has 3 unspecified atom stereocenters.